The van der Waals surface area contributed by atoms with Gasteiger partial charge in [-0.25, -0.2) is 0 Å². The fourth-order valence-electron chi connectivity index (χ4n) is 1.93. The number of para-hydroxylation sites is 1. The second-order valence-corrected chi connectivity index (χ2v) is 5.03. The van der Waals surface area contributed by atoms with E-state index in [4.69, 9.17) is 4.74 Å². The molecule has 0 bridgehead atoms. The number of carbonyl (C=O) groups excluding carboxylic acids is 1. The van der Waals surface area contributed by atoms with Gasteiger partial charge in [0.2, 0.25) is 5.91 Å². The topological polar surface area (TPSA) is 38.3 Å². The largest absolute Gasteiger partial charge is 0.494 e. The second kappa shape index (κ2) is 8.10. The first-order valence-corrected chi connectivity index (χ1v) is 7.24. The number of nitrogens with one attached hydrogen (secondary N) is 1. The molecule has 0 aliphatic carbocycles. The lowest BCUT2D eigenvalue weighted by atomic mass is 10.1. The predicted octanol–water partition coefficient (Wildman–Crippen LogP) is 3.47. The second-order valence-electron chi connectivity index (χ2n) is 5.03. The Bertz CT molecular complexity index is 549. The van der Waals surface area contributed by atoms with E-state index in [0.717, 1.165) is 11.3 Å². The minimum Gasteiger partial charge on any atom is -0.494 e. The van der Waals surface area contributed by atoms with E-state index >= 15 is 0 Å². The molecule has 0 spiro atoms. The molecule has 3 heteroatoms. The molecule has 0 atom stereocenters. The van der Waals surface area contributed by atoms with Crippen LogP contribution in [0.15, 0.2) is 54.6 Å². The summed E-state index contributed by atoms with van der Waals surface area (Å²) in [6, 6.07) is 17.8. The van der Waals surface area contributed by atoms with Crippen molar-refractivity contribution in [1.82, 2.24) is 5.32 Å². The number of hydrogen-bond donors (Lipinski definition) is 1. The van der Waals surface area contributed by atoms with Gasteiger partial charge in [0.25, 0.3) is 0 Å². The van der Waals surface area contributed by atoms with Gasteiger partial charge >= 0.3 is 0 Å². The average molecular weight is 283 g/mol. The molecule has 0 saturated heterocycles. The molecule has 0 radical (unpaired) electrons. The van der Waals surface area contributed by atoms with Crippen LogP contribution in [0.3, 0.4) is 0 Å². The number of ether oxygens (including phenoxy) is 1. The minimum absolute atomic E-state index is 0.0623. The SMILES string of the molecule is Cc1ccc(CNC(=O)CCCOc2ccccc2)cc1. The summed E-state index contributed by atoms with van der Waals surface area (Å²) in [6.07, 6.45) is 1.20. The Labute approximate surface area is 126 Å². The molecular weight excluding hydrogens is 262 g/mol. The van der Waals surface area contributed by atoms with Gasteiger partial charge in [0.05, 0.1) is 6.61 Å². The summed E-state index contributed by atoms with van der Waals surface area (Å²) in [6.45, 7) is 3.19. The van der Waals surface area contributed by atoms with Crippen LogP contribution in [0, 0.1) is 6.92 Å². The van der Waals surface area contributed by atoms with Crippen molar-refractivity contribution in [2.24, 2.45) is 0 Å². The molecule has 21 heavy (non-hydrogen) atoms. The maximum Gasteiger partial charge on any atom is 0.220 e. The molecule has 0 fully saturated rings. The number of amides is 1. The van der Waals surface area contributed by atoms with Crippen molar-refractivity contribution in [2.45, 2.75) is 26.3 Å². The lowest BCUT2D eigenvalue weighted by molar-refractivity contribution is -0.121. The van der Waals surface area contributed by atoms with Crippen LogP contribution >= 0.6 is 0 Å². The zero-order chi connectivity index (χ0) is 14.9. The summed E-state index contributed by atoms with van der Waals surface area (Å²) in [5.74, 6) is 0.907. The first-order chi connectivity index (χ1) is 10.2. The molecule has 0 aromatic heterocycles. The van der Waals surface area contributed by atoms with Gasteiger partial charge in [0.1, 0.15) is 5.75 Å². The van der Waals surface area contributed by atoms with E-state index in [1.54, 1.807) is 0 Å². The van der Waals surface area contributed by atoms with Gasteiger partial charge in [0, 0.05) is 13.0 Å². The van der Waals surface area contributed by atoms with Crippen molar-refractivity contribution in [3.8, 4) is 5.75 Å². The van der Waals surface area contributed by atoms with E-state index < -0.39 is 0 Å². The standard InChI is InChI=1S/C18H21NO2/c1-15-9-11-16(12-10-15)14-19-18(20)8-5-13-21-17-6-3-2-4-7-17/h2-4,6-7,9-12H,5,8,13-14H2,1H3,(H,19,20). The summed E-state index contributed by atoms with van der Waals surface area (Å²) in [5.41, 5.74) is 2.35. The lowest BCUT2D eigenvalue weighted by Gasteiger charge is -2.07. The molecule has 3 nitrogen and oxygen atoms in total. The highest BCUT2D eigenvalue weighted by Gasteiger charge is 2.01. The third kappa shape index (κ3) is 5.69. The zero-order valence-corrected chi connectivity index (χ0v) is 12.3. The molecule has 0 unspecified atom stereocenters. The van der Waals surface area contributed by atoms with Crippen LogP contribution in [0.4, 0.5) is 0 Å². The monoisotopic (exact) mass is 283 g/mol. The highest BCUT2D eigenvalue weighted by Crippen LogP contribution is 2.09. The van der Waals surface area contributed by atoms with E-state index in [1.807, 2.05) is 42.5 Å². The van der Waals surface area contributed by atoms with Gasteiger partial charge in [-0.05, 0) is 31.0 Å². The van der Waals surface area contributed by atoms with Crippen LogP contribution in [0.5, 0.6) is 5.75 Å². The van der Waals surface area contributed by atoms with Crippen LogP contribution < -0.4 is 10.1 Å². The number of benzene rings is 2. The molecule has 1 N–H and O–H groups in total. The number of aryl methyl sites for hydroxylation is 1. The Hall–Kier alpha value is -2.29. The maximum atomic E-state index is 11.7. The first-order valence-electron chi connectivity index (χ1n) is 7.24. The summed E-state index contributed by atoms with van der Waals surface area (Å²) in [7, 11) is 0. The highest BCUT2D eigenvalue weighted by atomic mass is 16.5. The molecule has 2 aromatic carbocycles. The summed E-state index contributed by atoms with van der Waals surface area (Å²) in [4.78, 5) is 11.7. The van der Waals surface area contributed by atoms with Gasteiger partial charge in [0.15, 0.2) is 0 Å². The highest BCUT2D eigenvalue weighted by molar-refractivity contribution is 5.75. The number of carbonyl (C=O) groups is 1. The third-order valence-electron chi connectivity index (χ3n) is 3.17. The normalized spacial score (nSPS) is 10.1. The van der Waals surface area contributed by atoms with E-state index in [9.17, 15) is 4.79 Å². The molecule has 2 rings (SSSR count). The van der Waals surface area contributed by atoms with Crippen molar-refractivity contribution >= 4 is 5.91 Å². The maximum absolute atomic E-state index is 11.7. The molecule has 0 aliphatic rings. The van der Waals surface area contributed by atoms with Crippen LogP contribution in [0.1, 0.15) is 24.0 Å². The Kier molecular flexibility index (Phi) is 5.83. The Balaban J connectivity index is 1.60. The Morgan fingerprint density at radius 2 is 1.76 bits per heavy atom. The van der Waals surface area contributed by atoms with E-state index in [2.05, 4.69) is 24.4 Å². The fourth-order valence-corrected chi connectivity index (χ4v) is 1.93. The fraction of sp³-hybridized carbons (Fsp3) is 0.278. The van der Waals surface area contributed by atoms with Gasteiger partial charge in [-0.2, -0.15) is 0 Å². The molecule has 0 heterocycles. The molecule has 0 aliphatic heterocycles. The number of rotatable bonds is 7. The van der Waals surface area contributed by atoms with Crippen molar-refractivity contribution < 1.29 is 9.53 Å². The molecular formula is C18H21NO2. The van der Waals surface area contributed by atoms with Gasteiger partial charge < -0.3 is 10.1 Å². The van der Waals surface area contributed by atoms with E-state index in [-0.39, 0.29) is 5.91 Å². The minimum atomic E-state index is 0.0623. The van der Waals surface area contributed by atoms with Gasteiger partial charge in [-0.15, -0.1) is 0 Å². The third-order valence-corrected chi connectivity index (χ3v) is 3.17. The van der Waals surface area contributed by atoms with Gasteiger partial charge in [-0.3, -0.25) is 4.79 Å². The number of hydrogen-bond acceptors (Lipinski definition) is 2. The lowest BCUT2D eigenvalue weighted by Crippen LogP contribution is -2.22. The molecule has 2 aromatic rings. The first kappa shape index (κ1) is 15.1. The Morgan fingerprint density at radius 1 is 1.05 bits per heavy atom. The Morgan fingerprint density at radius 3 is 2.48 bits per heavy atom. The van der Waals surface area contributed by atoms with E-state index in [1.165, 1.54) is 5.56 Å². The predicted molar refractivity (Wildman–Crippen MR) is 84.2 cm³/mol. The van der Waals surface area contributed by atoms with Crippen LogP contribution in [-0.2, 0) is 11.3 Å². The van der Waals surface area contributed by atoms with Crippen molar-refractivity contribution in [1.29, 1.82) is 0 Å². The van der Waals surface area contributed by atoms with Crippen LogP contribution in [-0.4, -0.2) is 12.5 Å². The van der Waals surface area contributed by atoms with Crippen molar-refractivity contribution in [2.75, 3.05) is 6.61 Å². The quantitative estimate of drug-likeness (QED) is 0.790. The summed E-state index contributed by atoms with van der Waals surface area (Å²) in [5, 5.41) is 2.92. The van der Waals surface area contributed by atoms with Crippen molar-refractivity contribution in [3.63, 3.8) is 0 Å². The van der Waals surface area contributed by atoms with Crippen LogP contribution in [0.2, 0.25) is 0 Å². The van der Waals surface area contributed by atoms with Gasteiger partial charge in [-0.1, -0.05) is 48.0 Å². The molecule has 110 valence electrons. The van der Waals surface area contributed by atoms with Crippen LogP contribution in [0.25, 0.3) is 0 Å². The van der Waals surface area contributed by atoms with Crippen molar-refractivity contribution in [3.05, 3.63) is 65.7 Å². The molecule has 1 amide bonds. The average Bonchev–Trinajstić information content (AvgIpc) is 2.52. The zero-order valence-electron chi connectivity index (χ0n) is 12.3. The summed E-state index contributed by atoms with van der Waals surface area (Å²) >= 11 is 0. The smallest absolute Gasteiger partial charge is 0.220 e. The summed E-state index contributed by atoms with van der Waals surface area (Å²) < 4.78 is 5.55. The van der Waals surface area contributed by atoms with E-state index in [0.29, 0.717) is 26.0 Å². The molecule has 0 saturated carbocycles.